The van der Waals surface area contributed by atoms with Crippen LogP contribution in [0.25, 0.3) is 10.6 Å². The second-order valence-corrected chi connectivity index (χ2v) is 6.28. The molecule has 1 heterocycles. The molecule has 1 N–H and O–H groups in total. The Labute approximate surface area is 144 Å². The zero-order valence-electron chi connectivity index (χ0n) is 13.4. The number of aryl methyl sites for hydroxylation is 1. The number of carbonyl (C=O) groups excluding carboxylic acids is 1. The van der Waals surface area contributed by atoms with Crippen molar-refractivity contribution in [2.75, 3.05) is 12.4 Å². The van der Waals surface area contributed by atoms with E-state index in [1.54, 1.807) is 7.11 Å². The van der Waals surface area contributed by atoms with Gasteiger partial charge in [-0.1, -0.05) is 47.7 Å². The summed E-state index contributed by atoms with van der Waals surface area (Å²) in [5.74, 6) is 0.652. The molecule has 0 aliphatic heterocycles. The van der Waals surface area contributed by atoms with Crippen LogP contribution in [0.4, 0.5) is 5.13 Å². The lowest BCUT2D eigenvalue weighted by Crippen LogP contribution is -2.14. The van der Waals surface area contributed by atoms with Crippen LogP contribution in [0, 0.1) is 6.92 Å². The van der Waals surface area contributed by atoms with Gasteiger partial charge in [-0.2, -0.15) is 0 Å². The predicted molar refractivity (Wildman–Crippen MR) is 95.4 cm³/mol. The summed E-state index contributed by atoms with van der Waals surface area (Å²) in [6.45, 7) is 2.03. The lowest BCUT2D eigenvalue weighted by molar-refractivity contribution is -0.115. The zero-order valence-corrected chi connectivity index (χ0v) is 14.3. The number of nitrogens with zero attached hydrogens (tertiary/aromatic N) is 2. The minimum absolute atomic E-state index is 0.118. The highest BCUT2D eigenvalue weighted by Gasteiger charge is 2.11. The van der Waals surface area contributed by atoms with E-state index in [1.165, 1.54) is 11.3 Å². The van der Waals surface area contributed by atoms with Crippen LogP contribution >= 0.6 is 11.3 Å². The number of methoxy groups -OCH3 is 1. The monoisotopic (exact) mass is 339 g/mol. The fourth-order valence-electron chi connectivity index (χ4n) is 2.29. The molecule has 3 rings (SSSR count). The Balaban J connectivity index is 1.66. The molecule has 5 nitrogen and oxygen atoms in total. The summed E-state index contributed by atoms with van der Waals surface area (Å²) in [5.41, 5.74) is 3.08. The minimum Gasteiger partial charge on any atom is -0.497 e. The molecule has 0 atom stereocenters. The highest BCUT2D eigenvalue weighted by Crippen LogP contribution is 2.28. The Kier molecular flexibility index (Phi) is 4.86. The van der Waals surface area contributed by atoms with E-state index in [-0.39, 0.29) is 12.3 Å². The Bertz CT molecular complexity index is 843. The van der Waals surface area contributed by atoms with Gasteiger partial charge in [0.25, 0.3) is 0 Å². The number of nitrogens with one attached hydrogen (secondary N) is 1. The maximum atomic E-state index is 12.1. The Morgan fingerprint density at radius 3 is 2.58 bits per heavy atom. The molecular formula is C18H17N3O2S. The molecule has 3 aromatic rings. The maximum absolute atomic E-state index is 12.1. The minimum atomic E-state index is -0.118. The molecule has 1 aromatic heterocycles. The molecule has 0 aliphatic carbocycles. The van der Waals surface area contributed by atoms with E-state index in [1.807, 2.05) is 55.5 Å². The summed E-state index contributed by atoms with van der Waals surface area (Å²) in [7, 11) is 1.61. The maximum Gasteiger partial charge on any atom is 0.230 e. The molecule has 0 unspecified atom stereocenters. The van der Waals surface area contributed by atoms with Crippen LogP contribution in [0.15, 0.2) is 48.5 Å². The molecule has 0 spiro atoms. The van der Waals surface area contributed by atoms with Crippen LogP contribution < -0.4 is 10.1 Å². The van der Waals surface area contributed by atoms with Gasteiger partial charge in [-0.3, -0.25) is 4.79 Å². The lowest BCUT2D eigenvalue weighted by atomic mass is 10.1. The van der Waals surface area contributed by atoms with Gasteiger partial charge in [0, 0.05) is 5.56 Å². The third-order valence-electron chi connectivity index (χ3n) is 3.57. The van der Waals surface area contributed by atoms with Gasteiger partial charge in [0.2, 0.25) is 11.0 Å². The van der Waals surface area contributed by atoms with Crippen LogP contribution in [0.5, 0.6) is 5.75 Å². The van der Waals surface area contributed by atoms with Gasteiger partial charge in [0.05, 0.1) is 13.5 Å². The van der Waals surface area contributed by atoms with Crippen molar-refractivity contribution in [2.24, 2.45) is 0 Å². The van der Waals surface area contributed by atoms with Gasteiger partial charge < -0.3 is 10.1 Å². The van der Waals surface area contributed by atoms with Crippen LogP contribution in [0.3, 0.4) is 0 Å². The highest BCUT2D eigenvalue weighted by atomic mass is 32.1. The van der Waals surface area contributed by atoms with Crippen molar-refractivity contribution < 1.29 is 9.53 Å². The first kappa shape index (κ1) is 16.1. The summed E-state index contributed by atoms with van der Waals surface area (Å²) in [5, 5.41) is 12.3. The largest absolute Gasteiger partial charge is 0.497 e. The molecular weight excluding hydrogens is 322 g/mol. The standard InChI is InChI=1S/C18H17N3O2S/c1-12-5-3-4-6-15(12)17-20-21-18(24-17)19-16(22)11-13-7-9-14(23-2)10-8-13/h3-10H,11H2,1-2H3,(H,19,21,22). The van der Waals surface area contributed by atoms with E-state index in [0.29, 0.717) is 5.13 Å². The third-order valence-corrected chi connectivity index (χ3v) is 4.44. The van der Waals surface area contributed by atoms with Gasteiger partial charge in [0.15, 0.2) is 0 Å². The second-order valence-electron chi connectivity index (χ2n) is 5.30. The summed E-state index contributed by atoms with van der Waals surface area (Å²) in [6.07, 6.45) is 0.281. The second kappa shape index (κ2) is 7.23. The molecule has 6 heteroatoms. The SMILES string of the molecule is COc1ccc(CC(=O)Nc2nnc(-c3ccccc3C)s2)cc1. The van der Waals surface area contributed by atoms with Crippen molar-refractivity contribution >= 4 is 22.4 Å². The molecule has 122 valence electrons. The van der Waals surface area contributed by atoms with E-state index in [0.717, 1.165) is 27.4 Å². The van der Waals surface area contributed by atoms with Crippen molar-refractivity contribution in [3.8, 4) is 16.3 Å². The van der Waals surface area contributed by atoms with E-state index in [9.17, 15) is 4.79 Å². The quantitative estimate of drug-likeness (QED) is 0.770. The Hall–Kier alpha value is -2.73. The van der Waals surface area contributed by atoms with E-state index in [4.69, 9.17) is 4.74 Å². The summed E-state index contributed by atoms with van der Waals surface area (Å²) in [4.78, 5) is 12.1. The Morgan fingerprint density at radius 2 is 1.88 bits per heavy atom. The first-order chi connectivity index (χ1) is 11.7. The predicted octanol–water partition coefficient (Wildman–Crippen LogP) is 3.70. The average Bonchev–Trinajstić information content (AvgIpc) is 3.04. The molecule has 0 radical (unpaired) electrons. The van der Waals surface area contributed by atoms with Crippen LogP contribution in [-0.2, 0) is 11.2 Å². The number of amides is 1. The lowest BCUT2D eigenvalue weighted by Gasteiger charge is -2.03. The van der Waals surface area contributed by atoms with E-state index in [2.05, 4.69) is 15.5 Å². The van der Waals surface area contributed by atoms with Gasteiger partial charge >= 0.3 is 0 Å². The van der Waals surface area contributed by atoms with Crippen molar-refractivity contribution in [3.63, 3.8) is 0 Å². The third kappa shape index (κ3) is 3.78. The van der Waals surface area contributed by atoms with Crippen molar-refractivity contribution in [2.45, 2.75) is 13.3 Å². The molecule has 0 fully saturated rings. The number of carbonyl (C=O) groups is 1. The van der Waals surface area contributed by atoms with Crippen molar-refractivity contribution in [1.82, 2.24) is 10.2 Å². The smallest absolute Gasteiger partial charge is 0.230 e. The first-order valence-electron chi connectivity index (χ1n) is 7.48. The summed E-state index contributed by atoms with van der Waals surface area (Å²) < 4.78 is 5.11. The molecule has 0 aliphatic rings. The Morgan fingerprint density at radius 1 is 1.12 bits per heavy atom. The normalized spacial score (nSPS) is 10.4. The summed E-state index contributed by atoms with van der Waals surface area (Å²) in [6, 6.07) is 15.4. The summed E-state index contributed by atoms with van der Waals surface area (Å²) >= 11 is 1.37. The number of hydrogen-bond acceptors (Lipinski definition) is 5. The number of aromatic nitrogens is 2. The fraction of sp³-hybridized carbons (Fsp3) is 0.167. The number of benzene rings is 2. The number of anilines is 1. The van der Waals surface area contributed by atoms with Crippen LogP contribution in [0.2, 0.25) is 0 Å². The van der Waals surface area contributed by atoms with Gasteiger partial charge in [-0.05, 0) is 30.2 Å². The van der Waals surface area contributed by atoms with Crippen LogP contribution in [0.1, 0.15) is 11.1 Å². The molecule has 24 heavy (non-hydrogen) atoms. The zero-order chi connectivity index (χ0) is 16.9. The molecule has 1 amide bonds. The topological polar surface area (TPSA) is 64.1 Å². The van der Waals surface area contributed by atoms with Crippen molar-refractivity contribution in [1.29, 1.82) is 0 Å². The molecule has 0 bridgehead atoms. The van der Waals surface area contributed by atoms with E-state index >= 15 is 0 Å². The average molecular weight is 339 g/mol. The van der Waals surface area contributed by atoms with Gasteiger partial charge in [0.1, 0.15) is 10.8 Å². The van der Waals surface area contributed by atoms with Crippen molar-refractivity contribution in [3.05, 3.63) is 59.7 Å². The van der Waals surface area contributed by atoms with E-state index < -0.39 is 0 Å². The highest BCUT2D eigenvalue weighted by molar-refractivity contribution is 7.18. The molecule has 2 aromatic carbocycles. The van der Waals surface area contributed by atoms with Crippen LogP contribution in [-0.4, -0.2) is 23.2 Å². The number of hydrogen-bond donors (Lipinski definition) is 1. The fourth-order valence-corrected chi connectivity index (χ4v) is 3.14. The first-order valence-corrected chi connectivity index (χ1v) is 8.29. The van der Waals surface area contributed by atoms with Gasteiger partial charge in [-0.25, -0.2) is 0 Å². The number of ether oxygens (including phenoxy) is 1. The molecule has 0 saturated carbocycles. The van der Waals surface area contributed by atoms with Gasteiger partial charge in [-0.15, -0.1) is 10.2 Å². The number of rotatable bonds is 5. The molecule has 0 saturated heterocycles.